The summed E-state index contributed by atoms with van der Waals surface area (Å²) < 4.78 is 0. The maximum Gasteiger partial charge on any atom is 0 e. The van der Waals surface area contributed by atoms with Crippen molar-refractivity contribution >= 4 is 46.2 Å². The summed E-state index contributed by atoms with van der Waals surface area (Å²) >= 11 is 0. The van der Waals surface area contributed by atoms with Gasteiger partial charge in [-0.05, 0) is 0 Å². The molecule has 0 aliphatic rings. The Labute approximate surface area is 67.7 Å². The van der Waals surface area contributed by atoms with Gasteiger partial charge in [0, 0.05) is 46.2 Å². The third kappa shape index (κ3) is 66.0. The van der Waals surface area contributed by atoms with E-state index in [1.807, 2.05) is 0 Å². The van der Waals surface area contributed by atoms with E-state index in [2.05, 4.69) is 0 Å². The van der Waals surface area contributed by atoms with Crippen molar-refractivity contribution in [3.8, 4) is 0 Å². The summed E-state index contributed by atoms with van der Waals surface area (Å²) in [6.07, 6.45) is 0. The Morgan fingerprint density at radius 3 is 0.500 bits per heavy atom. The van der Waals surface area contributed by atoms with Crippen LogP contribution in [0, 0.1) is 0 Å². The zero-order valence-corrected chi connectivity index (χ0v) is 5.49. The third-order valence-corrected chi connectivity index (χ3v) is 0. The average Bonchev–Trinajstić information content (AvgIpc) is 0. The molecule has 0 atom stereocenters. The molecule has 0 aliphatic heterocycles. The van der Waals surface area contributed by atoms with E-state index >= 15 is 0 Å². The van der Waals surface area contributed by atoms with Gasteiger partial charge in [0.15, 0.2) is 0 Å². The molecule has 8 N–H and O–H groups in total. The Morgan fingerprint density at radius 1 is 0.500 bits per heavy atom. The fraction of sp³-hybridized carbons (Fsp3) is 0. The molecule has 0 saturated heterocycles. The van der Waals surface area contributed by atoms with Crippen LogP contribution >= 0.6 is 0 Å². The summed E-state index contributed by atoms with van der Waals surface area (Å²) in [6.45, 7) is 0. The smallest absolute Gasteiger partial charge is 0 e. The molecular formula is H8BCaO4. The first-order chi connectivity index (χ1) is 0. The summed E-state index contributed by atoms with van der Waals surface area (Å²) in [5.41, 5.74) is 0. The van der Waals surface area contributed by atoms with Crippen molar-refractivity contribution in [2.75, 3.05) is 0 Å². The van der Waals surface area contributed by atoms with E-state index in [9.17, 15) is 0 Å². The Hall–Kier alpha value is 1.16. The molecule has 6 heavy (non-hydrogen) atoms. The second-order valence-corrected chi connectivity index (χ2v) is 0. The molecule has 0 heterocycles. The summed E-state index contributed by atoms with van der Waals surface area (Å²) in [7, 11) is 0. The minimum absolute atomic E-state index is 0. The monoisotopic (exact) mass is 123 g/mol. The van der Waals surface area contributed by atoms with E-state index in [0.717, 1.165) is 0 Å². The zero-order valence-electron chi connectivity index (χ0n) is 3.28. The molecule has 5 radical (unpaired) electrons. The molecule has 0 bridgehead atoms. The molecule has 0 spiro atoms. The van der Waals surface area contributed by atoms with Crippen molar-refractivity contribution in [1.82, 2.24) is 0 Å². The third-order valence-electron chi connectivity index (χ3n) is 0. The molecule has 0 amide bonds. The van der Waals surface area contributed by atoms with E-state index in [0.29, 0.717) is 0 Å². The molecule has 4 nitrogen and oxygen atoms in total. The Balaban J connectivity index is 0. The van der Waals surface area contributed by atoms with Gasteiger partial charge in [0.25, 0.3) is 0 Å². The Bertz CT molecular complexity index is 7.51. The normalized spacial score (nSPS) is 0. The minimum atomic E-state index is 0. The van der Waals surface area contributed by atoms with E-state index in [1.54, 1.807) is 0 Å². The van der Waals surface area contributed by atoms with Gasteiger partial charge in [0.2, 0.25) is 0 Å². The quantitative estimate of drug-likeness (QED) is 0.290. The van der Waals surface area contributed by atoms with Crippen LogP contribution in [-0.2, 0) is 0 Å². The second kappa shape index (κ2) is 121. The van der Waals surface area contributed by atoms with Gasteiger partial charge >= 0.3 is 0 Å². The van der Waals surface area contributed by atoms with E-state index in [-0.39, 0.29) is 68.1 Å². The summed E-state index contributed by atoms with van der Waals surface area (Å²) in [4.78, 5) is 0. The van der Waals surface area contributed by atoms with Gasteiger partial charge < -0.3 is 21.9 Å². The molecule has 0 saturated carbocycles. The number of rotatable bonds is 0. The van der Waals surface area contributed by atoms with Crippen molar-refractivity contribution in [1.29, 1.82) is 0 Å². The van der Waals surface area contributed by atoms with Crippen LogP contribution in [0.15, 0.2) is 0 Å². The van der Waals surface area contributed by atoms with Crippen molar-refractivity contribution in [2.45, 2.75) is 0 Å². The average molecular weight is 123 g/mol. The molecule has 0 rings (SSSR count). The fourth-order valence-electron chi connectivity index (χ4n) is 0. The predicted molar refractivity (Wildman–Crippen MR) is 26.0 cm³/mol. The SMILES string of the molecule is O.O.O.O.[B].[Ca]. The molecule has 0 fully saturated rings. The first-order valence-corrected chi connectivity index (χ1v) is 0. The number of hydrogen-bond acceptors (Lipinski definition) is 0. The number of hydrogen-bond donors (Lipinski definition) is 0. The second-order valence-electron chi connectivity index (χ2n) is 0. The summed E-state index contributed by atoms with van der Waals surface area (Å²) in [5.74, 6) is 0. The van der Waals surface area contributed by atoms with Crippen molar-refractivity contribution in [3.63, 3.8) is 0 Å². The molecule has 37 valence electrons. The van der Waals surface area contributed by atoms with Crippen LogP contribution in [0.5, 0.6) is 0 Å². The largest absolute Gasteiger partial charge is 0.412 e. The maximum atomic E-state index is 0. The standard InChI is InChI=1S/B.Ca.4H2O/h;;4*1H2. The van der Waals surface area contributed by atoms with Gasteiger partial charge in [0.1, 0.15) is 0 Å². The van der Waals surface area contributed by atoms with Crippen LogP contribution in [0.4, 0.5) is 0 Å². The van der Waals surface area contributed by atoms with Gasteiger partial charge in [-0.2, -0.15) is 0 Å². The molecule has 0 aromatic carbocycles. The van der Waals surface area contributed by atoms with Crippen LogP contribution in [0.2, 0.25) is 0 Å². The Morgan fingerprint density at radius 2 is 0.500 bits per heavy atom. The zero-order chi connectivity index (χ0) is 0. The summed E-state index contributed by atoms with van der Waals surface area (Å²) in [5, 5.41) is 0. The molecule has 0 aliphatic carbocycles. The van der Waals surface area contributed by atoms with Crippen LogP contribution in [0.25, 0.3) is 0 Å². The van der Waals surface area contributed by atoms with Gasteiger partial charge in [-0.25, -0.2) is 0 Å². The Kier molecular flexibility index (Phi) is 4060. The molecule has 0 aromatic heterocycles. The first kappa shape index (κ1) is 201. The van der Waals surface area contributed by atoms with Crippen LogP contribution in [0.1, 0.15) is 0 Å². The van der Waals surface area contributed by atoms with Gasteiger partial charge in [-0.15, -0.1) is 0 Å². The van der Waals surface area contributed by atoms with Crippen LogP contribution in [-0.4, -0.2) is 68.1 Å². The minimum Gasteiger partial charge on any atom is -0.412 e. The molecule has 6 heteroatoms. The summed E-state index contributed by atoms with van der Waals surface area (Å²) in [6, 6.07) is 0. The molecule has 0 aromatic rings. The topological polar surface area (TPSA) is 126 Å². The van der Waals surface area contributed by atoms with Crippen molar-refractivity contribution in [2.24, 2.45) is 0 Å². The van der Waals surface area contributed by atoms with Gasteiger partial charge in [-0.1, -0.05) is 0 Å². The van der Waals surface area contributed by atoms with E-state index < -0.39 is 0 Å². The van der Waals surface area contributed by atoms with Gasteiger partial charge in [-0.3, -0.25) is 0 Å². The fourth-order valence-corrected chi connectivity index (χ4v) is 0. The van der Waals surface area contributed by atoms with Crippen molar-refractivity contribution in [3.05, 3.63) is 0 Å². The van der Waals surface area contributed by atoms with Crippen LogP contribution in [0.3, 0.4) is 0 Å². The molecular weight excluding hydrogens is 115 g/mol. The van der Waals surface area contributed by atoms with Gasteiger partial charge in [0.05, 0.1) is 0 Å². The molecule has 0 unspecified atom stereocenters. The van der Waals surface area contributed by atoms with E-state index in [4.69, 9.17) is 0 Å². The van der Waals surface area contributed by atoms with Crippen molar-refractivity contribution < 1.29 is 21.9 Å². The van der Waals surface area contributed by atoms with E-state index in [1.165, 1.54) is 0 Å². The maximum absolute atomic E-state index is 0. The predicted octanol–water partition coefficient (Wildman–Crippen LogP) is -4.06. The van der Waals surface area contributed by atoms with Crippen LogP contribution < -0.4 is 0 Å². The first-order valence-electron chi connectivity index (χ1n) is 0.